The van der Waals surface area contributed by atoms with Crippen LogP contribution in [-0.4, -0.2) is 42.4 Å². The third kappa shape index (κ3) is 5.21. The van der Waals surface area contributed by atoms with Crippen molar-refractivity contribution in [2.24, 2.45) is 0 Å². The first kappa shape index (κ1) is 25.6. The van der Waals surface area contributed by atoms with Gasteiger partial charge in [0.2, 0.25) is 5.75 Å². The topological polar surface area (TPSA) is 118 Å². The predicted molar refractivity (Wildman–Crippen MR) is 151 cm³/mol. The number of H-pyrrole nitrogens is 1. The summed E-state index contributed by atoms with van der Waals surface area (Å²) in [7, 11) is 4.76. The van der Waals surface area contributed by atoms with Gasteiger partial charge in [0.25, 0.3) is 5.91 Å². The van der Waals surface area contributed by atoms with Gasteiger partial charge >= 0.3 is 0 Å². The number of pyridine rings is 1. The van der Waals surface area contributed by atoms with Crippen molar-refractivity contribution in [2.45, 2.75) is 6.54 Å². The molecule has 9 heteroatoms. The number of hydrogen-bond acceptors (Lipinski definition) is 7. The van der Waals surface area contributed by atoms with Crippen LogP contribution in [0, 0.1) is 0 Å². The molecule has 9 nitrogen and oxygen atoms in total. The summed E-state index contributed by atoms with van der Waals surface area (Å²) in [6.45, 7) is 0.538. The molecule has 39 heavy (non-hydrogen) atoms. The number of para-hydroxylation sites is 1. The van der Waals surface area contributed by atoms with Gasteiger partial charge in [-0.1, -0.05) is 42.5 Å². The highest BCUT2D eigenvalue weighted by Crippen LogP contribution is 2.43. The summed E-state index contributed by atoms with van der Waals surface area (Å²) >= 11 is 0. The zero-order valence-corrected chi connectivity index (χ0v) is 21.7. The molecule has 0 aliphatic heterocycles. The Kier molecular flexibility index (Phi) is 7.33. The summed E-state index contributed by atoms with van der Waals surface area (Å²) in [6.07, 6.45) is 2.89. The number of carbonyl (C=O) groups is 1. The Labute approximate surface area is 225 Å². The standard InChI is InChI=1S/C30H28N4O5/c1-37-24-14-20(15-25(38-2)30(24)39-3)28-29-22(21-6-4-5-7-23(21)32-29)16-26(33-28)31-17-19-10-8-18(9-11-19)12-13-27(35)34-36/h4-16,32,36H,17H2,1-3H3,(H,31,33)(H,34,35)/b13-12+. The maximum absolute atomic E-state index is 11.2. The summed E-state index contributed by atoms with van der Waals surface area (Å²) in [5, 5.41) is 14.2. The molecule has 0 radical (unpaired) electrons. The van der Waals surface area contributed by atoms with Crippen LogP contribution < -0.4 is 25.0 Å². The minimum atomic E-state index is -0.581. The van der Waals surface area contributed by atoms with Gasteiger partial charge in [0.15, 0.2) is 11.5 Å². The lowest BCUT2D eigenvalue weighted by Crippen LogP contribution is -2.14. The Morgan fingerprint density at radius 3 is 2.33 bits per heavy atom. The van der Waals surface area contributed by atoms with E-state index < -0.39 is 5.91 Å². The SMILES string of the molecule is COc1cc(-c2nc(NCc3ccc(/C=C/C(=O)NO)cc3)cc3c2[nH]c2ccccc23)cc(OC)c1OC. The van der Waals surface area contributed by atoms with E-state index in [9.17, 15) is 4.79 Å². The minimum Gasteiger partial charge on any atom is -0.493 e. The largest absolute Gasteiger partial charge is 0.493 e. The van der Waals surface area contributed by atoms with E-state index in [2.05, 4.69) is 16.4 Å². The Bertz CT molecular complexity index is 1650. The van der Waals surface area contributed by atoms with Crippen LogP contribution in [0.2, 0.25) is 0 Å². The quantitative estimate of drug-likeness (QED) is 0.114. The van der Waals surface area contributed by atoms with Gasteiger partial charge in [-0.25, -0.2) is 10.5 Å². The number of nitrogens with one attached hydrogen (secondary N) is 3. The first-order valence-electron chi connectivity index (χ1n) is 12.2. The maximum Gasteiger partial charge on any atom is 0.267 e. The van der Waals surface area contributed by atoms with Gasteiger partial charge < -0.3 is 24.5 Å². The highest BCUT2D eigenvalue weighted by molar-refractivity contribution is 6.12. The number of fused-ring (bicyclic) bond motifs is 3. The third-order valence-corrected chi connectivity index (χ3v) is 6.43. The zero-order chi connectivity index (χ0) is 27.4. The molecule has 5 aromatic rings. The minimum absolute atomic E-state index is 0.515. The molecular formula is C30H28N4O5. The van der Waals surface area contributed by atoms with E-state index in [0.717, 1.165) is 44.2 Å². The van der Waals surface area contributed by atoms with Crippen LogP contribution in [0.1, 0.15) is 11.1 Å². The number of benzene rings is 3. The fourth-order valence-electron chi connectivity index (χ4n) is 4.51. The number of ether oxygens (including phenoxy) is 3. The summed E-state index contributed by atoms with van der Waals surface area (Å²) in [4.78, 5) is 19.7. The Hall–Kier alpha value is -5.02. The zero-order valence-electron chi connectivity index (χ0n) is 21.7. The molecule has 0 saturated carbocycles. The van der Waals surface area contributed by atoms with Crippen LogP contribution in [0.25, 0.3) is 39.1 Å². The molecule has 4 N–H and O–H groups in total. The van der Waals surface area contributed by atoms with Crippen LogP contribution >= 0.6 is 0 Å². The lowest BCUT2D eigenvalue weighted by atomic mass is 10.1. The van der Waals surface area contributed by atoms with E-state index in [0.29, 0.717) is 29.6 Å². The number of aromatic amines is 1. The first-order chi connectivity index (χ1) is 19.0. The monoisotopic (exact) mass is 524 g/mol. The number of carbonyl (C=O) groups excluding carboxylic acids is 1. The molecule has 3 aromatic carbocycles. The molecule has 0 aliphatic rings. The number of rotatable bonds is 9. The molecule has 0 aliphatic carbocycles. The highest BCUT2D eigenvalue weighted by Gasteiger charge is 2.19. The number of amides is 1. The third-order valence-electron chi connectivity index (χ3n) is 6.43. The number of methoxy groups -OCH3 is 3. The van der Waals surface area contributed by atoms with E-state index in [-0.39, 0.29) is 0 Å². The van der Waals surface area contributed by atoms with Gasteiger partial charge in [-0.2, -0.15) is 0 Å². The van der Waals surface area contributed by atoms with Crippen LogP contribution in [0.4, 0.5) is 5.82 Å². The first-order valence-corrected chi connectivity index (χ1v) is 12.2. The molecule has 5 rings (SSSR count). The highest BCUT2D eigenvalue weighted by atomic mass is 16.5. The normalized spacial score (nSPS) is 11.2. The van der Waals surface area contributed by atoms with Crippen LogP contribution in [0.5, 0.6) is 17.2 Å². The van der Waals surface area contributed by atoms with Gasteiger partial charge in [0.05, 0.1) is 32.5 Å². The Morgan fingerprint density at radius 1 is 0.949 bits per heavy atom. The van der Waals surface area contributed by atoms with Crippen LogP contribution in [-0.2, 0) is 11.3 Å². The number of hydroxylamine groups is 1. The molecule has 198 valence electrons. The molecule has 0 spiro atoms. The van der Waals surface area contributed by atoms with Gasteiger partial charge in [0.1, 0.15) is 5.82 Å². The van der Waals surface area contributed by atoms with Crippen LogP contribution in [0.3, 0.4) is 0 Å². The number of nitrogens with zero attached hydrogens (tertiary/aromatic N) is 1. The summed E-state index contributed by atoms with van der Waals surface area (Å²) < 4.78 is 16.7. The molecule has 0 saturated heterocycles. The second-order valence-corrected chi connectivity index (χ2v) is 8.77. The van der Waals surface area contributed by atoms with E-state index in [1.165, 1.54) is 6.08 Å². The van der Waals surface area contributed by atoms with E-state index in [1.807, 2.05) is 60.7 Å². The van der Waals surface area contributed by atoms with Crippen molar-refractivity contribution in [3.05, 3.63) is 83.9 Å². The smallest absolute Gasteiger partial charge is 0.267 e. The molecule has 0 unspecified atom stereocenters. The molecule has 1 amide bonds. The molecule has 0 atom stereocenters. The van der Waals surface area contributed by atoms with Gasteiger partial charge in [-0.15, -0.1) is 0 Å². The van der Waals surface area contributed by atoms with E-state index >= 15 is 0 Å². The second-order valence-electron chi connectivity index (χ2n) is 8.77. The van der Waals surface area contributed by atoms with Gasteiger partial charge in [-0.05, 0) is 41.5 Å². The second kappa shape index (κ2) is 11.2. The summed E-state index contributed by atoms with van der Waals surface area (Å²) in [6, 6.07) is 21.7. The van der Waals surface area contributed by atoms with Crippen molar-refractivity contribution in [1.29, 1.82) is 0 Å². The van der Waals surface area contributed by atoms with Crippen molar-refractivity contribution in [1.82, 2.24) is 15.4 Å². The van der Waals surface area contributed by atoms with Gasteiger partial charge in [0, 0.05) is 34.5 Å². The number of anilines is 1. The van der Waals surface area contributed by atoms with Crippen molar-refractivity contribution in [2.75, 3.05) is 26.6 Å². The Balaban J connectivity index is 1.54. The lowest BCUT2D eigenvalue weighted by Gasteiger charge is -2.15. The van der Waals surface area contributed by atoms with Crippen molar-refractivity contribution < 1.29 is 24.2 Å². The average Bonchev–Trinajstić information content (AvgIpc) is 3.36. The maximum atomic E-state index is 11.2. The summed E-state index contributed by atoms with van der Waals surface area (Å²) in [5.74, 6) is 1.73. The Morgan fingerprint density at radius 2 is 1.67 bits per heavy atom. The molecular weight excluding hydrogens is 496 g/mol. The van der Waals surface area contributed by atoms with E-state index in [1.54, 1.807) is 32.9 Å². The van der Waals surface area contributed by atoms with E-state index in [4.69, 9.17) is 24.4 Å². The molecule has 0 bridgehead atoms. The van der Waals surface area contributed by atoms with Gasteiger partial charge in [-0.3, -0.25) is 10.0 Å². The molecule has 2 heterocycles. The average molecular weight is 525 g/mol. The van der Waals surface area contributed by atoms with Crippen molar-refractivity contribution >= 4 is 39.6 Å². The molecule has 2 aromatic heterocycles. The lowest BCUT2D eigenvalue weighted by molar-refractivity contribution is -0.124. The number of aromatic nitrogens is 2. The van der Waals surface area contributed by atoms with Crippen LogP contribution in [0.15, 0.2) is 72.8 Å². The molecule has 0 fully saturated rings. The fraction of sp³-hybridized carbons (Fsp3) is 0.133. The fourth-order valence-corrected chi connectivity index (χ4v) is 4.51. The summed E-state index contributed by atoms with van der Waals surface area (Å²) in [5.41, 5.74) is 6.92. The van der Waals surface area contributed by atoms with Crippen molar-refractivity contribution in [3.63, 3.8) is 0 Å². The number of hydrogen-bond donors (Lipinski definition) is 4. The van der Waals surface area contributed by atoms with Crippen molar-refractivity contribution in [3.8, 4) is 28.5 Å². The predicted octanol–water partition coefficient (Wildman–Crippen LogP) is 5.54.